The van der Waals surface area contributed by atoms with Gasteiger partial charge < -0.3 is 65.7 Å². The van der Waals surface area contributed by atoms with Crippen molar-refractivity contribution in [3.63, 3.8) is 0 Å². The minimum atomic E-state index is -1.47. The van der Waals surface area contributed by atoms with Crippen molar-refractivity contribution in [1.29, 1.82) is 0 Å². The molecule has 27 heteroatoms. The van der Waals surface area contributed by atoms with Gasteiger partial charge in [0, 0.05) is 71.3 Å². The van der Waals surface area contributed by atoms with E-state index in [9.17, 15) is 47.9 Å². The van der Waals surface area contributed by atoms with E-state index in [1.54, 1.807) is 61.1 Å². The molecule has 0 unspecified atom stereocenters. The molecule has 1 heterocycles. The van der Waals surface area contributed by atoms with Crippen LogP contribution in [0.1, 0.15) is 41.5 Å². The third kappa shape index (κ3) is 20.8. The Morgan fingerprint density at radius 1 is 0.866 bits per heavy atom. The van der Waals surface area contributed by atoms with Crippen LogP contribution in [0.3, 0.4) is 0 Å². The molecule has 1 saturated heterocycles. The van der Waals surface area contributed by atoms with Crippen LogP contribution in [-0.4, -0.2) is 241 Å². The molecular weight excluding hydrogens is 957 g/mol. The maximum Gasteiger partial charge on any atom is 0.408 e. The van der Waals surface area contributed by atoms with E-state index in [1.165, 1.54) is 90.1 Å². The SMILES string of the molecule is CN[C@H]1CSSC[C@@H](C(=O)N(C)[C@@H](CSC)C(=O)N(C)C[C@H](NC(=O)OC(C)(C)C)C(=O)NCC(=O)O)N(C)C(=O)CNC(=O)[C@H](NC(=O)OC(C)(C)C)CN(C)C(=O)[C@H](CSC)N(C)C1=O. The molecule has 0 saturated carbocycles. The van der Waals surface area contributed by atoms with Crippen molar-refractivity contribution in [2.75, 3.05) is 104 Å². The van der Waals surface area contributed by atoms with Gasteiger partial charge in [-0.3, -0.25) is 38.4 Å². The molecule has 382 valence electrons. The van der Waals surface area contributed by atoms with Gasteiger partial charge in [-0.2, -0.15) is 23.5 Å². The Hall–Kier alpha value is -4.34. The average Bonchev–Trinajstić information content (AvgIpc) is 3.22. The molecule has 67 heavy (non-hydrogen) atoms. The molecule has 0 radical (unpaired) electrons. The van der Waals surface area contributed by atoms with Gasteiger partial charge in [-0.25, -0.2) is 9.59 Å². The highest BCUT2D eigenvalue weighted by Crippen LogP contribution is 2.26. The maximum atomic E-state index is 14.6. The number of carboxylic acid groups (broad SMARTS) is 1. The highest BCUT2D eigenvalue weighted by molar-refractivity contribution is 8.76. The summed E-state index contributed by atoms with van der Waals surface area (Å²) in [5.41, 5.74) is -1.91. The Labute approximate surface area is 409 Å². The number of amides is 9. The number of aliphatic carboxylic acids is 1. The van der Waals surface area contributed by atoms with Gasteiger partial charge in [0.05, 0.1) is 12.6 Å². The topological polar surface area (TPSA) is 286 Å². The Morgan fingerprint density at radius 3 is 1.99 bits per heavy atom. The number of carbonyl (C=O) groups is 10. The molecule has 0 aromatic heterocycles. The number of carboxylic acids is 1. The largest absolute Gasteiger partial charge is 0.480 e. The molecular formula is C40H70N10O13S4. The second kappa shape index (κ2) is 28.2. The third-order valence-electron chi connectivity index (χ3n) is 9.69. The fourth-order valence-electron chi connectivity index (χ4n) is 6.05. The van der Waals surface area contributed by atoms with Gasteiger partial charge >= 0.3 is 18.2 Å². The summed E-state index contributed by atoms with van der Waals surface area (Å²) in [5.74, 6) is -5.76. The Morgan fingerprint density at radius 2 is 1.45 bits per heavy atom. The minimum absolute atomic E-state index is 0.0448. The Bertz CT molecular complexity index is 1770. The lowest BCUT2D eigenvalue weighted by Crippen LogP contribution is -2.60. The van der Waals surface area contributed by atoms with Crippen LogP contribution in [0, 0.1) is 0 Å². The number of nitrogens with zero attached hydrogens (tertiary/aromatic N) is 5. The standard InChI is InChI=1S/C40H70N10O13S4/c1-39(2,3)62-37(60)44-23-17-46(8)34(57)26(20-64-13)49(11)33(56)25(41-7)19-66-67-22-28(48(10)29(51)15-42-31(23)54)36(59)50(12)27(21-65-14)35(58)47(9)18-24(32(55)43-16-30(52)53)45-38(61)63-40(4,5)6/h23-28,41H,15-22H2,1-14H3,(H,42,54)(H,43,55)(H,44,60)(H,45,61)(H,52,53)/t23-,24+,25+,26+,27+,28+/m1/s1. The molecule has 1 rings (SSSR count). The first-order valence-electron chi connectivity index (χ1n) is 20.9. The number of carbonyl (C=O) groups excluding carboxylic acids is 9. The summed E-state index contributed by atoms with van der Waals surface area (Å²) in [6.07, 6.45) is 1.50. The molecule has 0 aromatic rings. The third-order valence-corrected chi connectivity index (χ3v) is 13.4. The summed E-state index contributed by atoms with van der Waals surface area (Å²) in [6.45, 7) is 7.40. The van der Waals surface area contributed by atoms with E-state index >= 15 is 0 Å². The summed E-state index contributed by atoms with van der Waals surface area (Å²) in [7, 11) is 11.0. The van der Waals surface area contributed by atoms with E-state index in [0.717, 1.165) is 14.7 Å². The van der Waals surface area contributed by atoms with Gasteiger partial charge in [-0.05, 0) is 61.1 Å². The number of likely N-dealkylation sites (N-methyl/N-ethyl adjacent to an activating group) is 6. The first-order valence-corrected chi connectivity index (χ1v) is 26.2. The molecule has 1 fully saturated rings. The van der Waals surface area contributed by atoms with Crippen molar-refractivity contribution in [2.24, 2.45) is 0 Å². The summed E-state index contributed by atoms with van der Waals surface area (Å²) in [6, 6.07) is -7.12. The van der Waals surface area contributed by atoms with Crippen molar-refractivity contribution in [1.82, 2.24) is 51.1 Å². The average molecular weight is 1030 g/mol. The number of thioether (sulfide) groups is 2. The molecule has 1 aliphatic rings. The quantitative estimate of drug-likeness (QED) is 0.110. The zero-order valence-electron chi connectivity index (χ0n) is 40.8. The molecule has 6 N–H and O–H groups in total. The van der Waals surface area contributed by atoms with E-state index in [2.05, 4.69) is 26.6 Å². The van der Waals surface area contributed by atoms with Crippen LogP contribution in [0.2, 0.25) is 0 Å². The monoisotopic (exact) mass is 1030 g/mol. The molecule has 0 spiro atoms. The molecule has 1 aliphatic heterocycles. The molecule has 9 amide bonds. The second-order valence-electron chi connectivity index (χ2n) is 17.4. The maximum absolute atomic E-state index is 14.6. The van der Waals surface area contributed by atoms with Crippen LogP contribution in [0.5, 0.6) is 0 Å². The summed E-state index contributed by atoms with van der Waals surface area (Å²) >= 11 is 2.55. The van der Waals surface area contributed by atoms with Gasteiger partial charge in [0.15, 0.2) is 0 Å². The van der Waals surface area contributed by atoms with E-state index in [-0.39, 0.29) is 29.6 Å². The van der Waals surface area contributed by atoms with Crippen LogP contribution < -0.4 is 26.6 Å². The van der Waals surface area contributed by atoms with Crippen LogP contribution in [0.15, 0.2) is 0 Å². The molecule has 6 atom stereocenters. The highest BCUT2D eigenvalue weighted by atomic mass is 33.1. The summed E-state index contributed by atoms with van der Waals surface area (Å²) < 4.78 is 10.6. The number of hydrogen-bond acceptors (Lipinski definition) is 17. The van der Waals surface area contributed by atoms with E-state index in [1.807, 2.05) is 0 Å². The first-order chi connectivity index (χ1) is 31.0. The van der Waals surface area contributed by atoms with E-state index < -0.39 is 127 Å². The number of alkyl carbamates (subject to hydrolysis) is 2. The van der Waals surface area contributed by atoms with Crippen LogP contribution in [-0.2, 0) is 47.8 Å². The normalized spacial score (nSPS) is 20.6. The lowest BCUT2D eigenvalue weighted by Gasteiger charge is -2.36. The van der Waals surface area contributed by atoms with Crippen molar-refractivity contribution in [3.8, 4) is 0 Å². The van der Waals surface area contributed by atoms with Crippen LogP contribution in [0.4, 0.5) is 9.59 Å². The number of hydrogen-bond donors (Lipinski definition) is 6. The fourth-order valence-corrected chi connectivity index (χ4v) is 9.92. The van der Waals surface area contributed by atoms with Gasteiger partial charge in [0.1, 0.15) is 48.0 Å². The highest BCUT2D eigenvalue weighted by Gasteiger charge is 2.39. The lowest BCUT2D eigenvalue weighted by atomic mass is 10.1. The van der Waals surface area contributed by atoms with Crippen molar-refractivity contribution in [2.45, 2.75) is 89.0 Å². The van der Waals surface area contributed by atoms with Crippen LogP contribution >= 0.6 is 45.1 Å². The molecule has 0 aromatic carbocycles. The second-order valence-corrected chi connectivity index (χ2v) is 21.8. The number of nitrogens with one attached hydrogen (secondary N) is 5. The smallest absolute Gasteiger partial charge is 0.408 e. The predicted molar refractivity (Wildman–Crippen MR) is 259 cm³/mol. The molecule has 0 bridgehead atoms. The number of ether oxygens (including phenoxy) is 2. The zero-order chi connectivity index (χ0) is 51.6. The van der Waals surface area contributed by atoms with Crippen LogP contribution in [0.25, 0.3) is 0 Å². The van der Waals surface area contributed by atoms with Gasteiger partial charge in [-0.1, -0.05) is 21.6 Å². The lowest BCUT2D eigenvalue weighted by molar-refractivity contribution is -0.148. The summed E-state index contributed by atoms with van der Waals surface area (Å²) in [5, 5.41) is 21.6. The molecule has 0 aliphatic carbocycles. The fraction of sp³-hybridized carbons (Fsp3) is 0.750. The summed E-state index contributed by atoms with van der Waals surface area (Å²) in [4.78, 5) is 140. The van der Waals surface area contributed by atoms with E-state index in [4.69, 9.17) is 14.6 Å². The predicted octanol–water partition coefficient (Wildman–Crippen LogP) is -0.803. The van der Waals surface area contributed by atoms with Gasteiger partial charge in [-0.15, -0.1) is 0 Å². The zero-order valence-corrected chi connectivity index (χ0v) is 44.1. The molecule has 23 nitrogen and oxygen atoms in total. The minimum Gasteiger partial charge on any atom is -0.480 e. The van der Waals surface area contributed by atoms with Gasteiger partial charge in [0.2, 0.25) is 41.4 Å². The Kier molecular flexibility index (Phi) is 25.6. The van der Waals surface area contributed by atoms with Crippen molar-refractivity contribution >= 4 is 105 Å². The first kappa shape index (κ1) is 60.7. The van der Waals surface area contributed by atoms with Crippen molar-refractivity contribution in [3.05, 3.63) is 0 Å². The Balaban J connectivity index is 3.67. The van der Waals surface area contributed by atoms with Crippen molar-refractivity contribution < 1.29 is 62.5 Å². The number of rotatable bonds is 15. The van der Waals surface area contributed by atoms with Gasteiger partial charge in [0.25, 0.3) is 0 Å². The van der Waals surface area contributed by atoms with E-state index in [0.29, 0.717) is 0 Å².